The van der Waals surface area contributed by atoms with Crippen LogP contribution in [0.5, 0.6) is 5.75 Å². The minimum absolute atomic E-state index is 0. The molecular formula is C21H36FeN3O5+3. The van der Waals surface area contributed by atoms with Crippen molar-refractivity contribution in [3.63, 3.8) is 0 Å². The zero-order valence-corrected chi connectivity index (χ0v) is 19.1. The minimum atomic E-state index is -1.07. The van der Waals surface area contributed by atoms with Crippen LogP contribution in [0.1, 0.15) is 25.8 Å². The third-order valence-corrected chi connectivity index (χ3v) is 4.83. The Bertz CT molecular complexity index is 553. The van der Waals surface area contributed by atoms with Gasteiger partial charge in [-0.25, -0.2) is 0 Å². The molecule has 30 heavy (non-hydrogen) atoms. The maximum atomic E-state index is 12.0. The first kappa shape index (κ1) is 29.3. The van der Waals surface area contributed by atoms with Gasteiger partial charge in [0.15, 0.2) is 0 Å². The van der Waals surface area contributed by atoms with E-state index in [1.165, 1.54) is 0 Å². The largest absolute Gasteiger partial charge is 6.00 e. The maximum absolute atomic E-state index is 12.0. The molecule has 170 valence electrons. The summed E-state index contributed by atoms with van der Waals surface area (Å²) in [5.41, 5.74) is 0.737. The summed E-state index contributed by atoms with van der Waals surface area (Å²) in [4.78, 5) is 4.06. The summed E-state index contributed by atoms with van der Waals surface area (Å²) >= 11 is 0. The molecule has 0 aliphatic carbocycles. The fourth-order valence-corrected chi connectivity index (χ4v) is 3.25. The Labute approximate surface area is 191 Å². The normalized spacial score (nSPS) is 14.5. The summed E-state index contributed by atoms with van der Waals surface area (Å²) in [5, 5.41) is 56.6. The number of hydrogen-bond donors (Lipinski definition) is 3. The fourth-order valence-electron chi connectivity index (χ4n) is 3.25. The number of aliphatic hydroxyl groups is 3. The third-order valence-electron chi connectivity index (χ3n) is 4.83. The van der Waals surface area contributed by atoms with E-state index in [4.69, 9.17) is 0 Å². The molecule has 0 amide bonds. The second-order valence-corrected chi connectivity index (χ2v) is 7.36. The average molecular weight is 466 g/mol. The van der Waals surface area contributed by atoms with Crippen molar-refractivity contribution in [1.82, 2.24) is 9.80 Å². The van der Waals surface area contributed by atoms with Crippen molar-refractivity contribution in [2.45, 2.75) is 45.1 Å². The van der Waals surface area contributed by atoms with Crippen molar-refractivity contribution in [3.05, 3.63) is 35.1 Å². The van der Waals surface area contributed by atoms with Gasteiger partial charge in [-0.15, -0.1) is 18.4 Å². The number of rotatable bonds is 16. The van der Waals surface area contributed by atoms with E-state index in [1.54, 1.807) is 19.1 Å². The van der Waals surface area contributed by atoms with Crippen LogP contribution in [0.15, 0.2) is 24.3 Å². The van der Waals surface area contributed by atoms with Gasteiger partial charge in [0.05, 0.1) is 25.4 Å². The monoisotopic (exact) mass is 466 g/mol. The first-order valence-electron chi connectivity index (χ1n) is 10.3. The standard InChI is InChI=1S/C21H37N3O5.Fe/c1-3-9-23(14-18-6-4-5-7-20(18)28)11-12-24(10-8-22-13-17(2)27)19(15-25)21(29)16-26;/h4-7,17,19,21,25-26,28-29H,3,8-16H2,1-2H3;/q-2;+6/p-1/t17-,19+,21-;/m1./s1. The van der Waals surface area contributed by atoms with E-state index in [1.807, 2.05) is 17.0 Å². The zero-order valence-electron chi connectivity index (χ0n) is 18.0. The smallest absolute Gasteiger partial charge is 0.872 e. The first-order chi connectivity index (χ1) is 13.9. The molecule has 0 bridgehead atoms. The summed E-state index contributed by atoms with van der Waals surface area (Å²) < 4.78 is 0. The van der Waals surface area contributed by atoms with Crippen molar-refractivity contribution < 1.29 is 42.6 Å². The molecule has 3 atom stereocenters. The van der Waals surface area contributed by atoms with Crippen LogP contribution >= 0.6 is 0 Å². The molecular weight excluding hydrogens is 430 g/mol. The summed E-state index contributed by atoms with van der Waals surface area (Å²) in [7, 11) is 0. The molecule has 0 saturated heterocycles. The van der Waals surface area contributed by atoms with Gasteiger partial charge in [-0.3, -0.25) is 9.80 Å². The van der Waals surface area contributed by atoms with E-state index in [9.17, 15) is 25.5 Å². The SMILES string of the molecule is CCCN(CCN(CC[N-]C[C@@H](C)[O-])[C@@H](CO)[C@H](O)CO)Cc1ccccc1[O-].[Fe+6]. The van der Waals surface area contributed by atoms with E-state index in [0.29, 0.717) is 32.7 Å². The van der Waals surface area contributed by atoms with Gasteiger partial charge < -0.3 is 30.8 Å². The van der Waals surface area contributed by atoms with Crippen LogP contribution in [0.2, 0.25) is 0 Å². The molecule has 1 aromatic rings. The zero-order chi connectivity index (χ0) is 21.6. The molecule has 1 aromatic carbocycles. The Balaban J connectivity index is 0.00000841. The fraction of sp³-hybridized carbons (Fsp3) is 0.714. The van der Waals surface area contributed by atoms with Crippen molar-refractivity contribution in [1.29, 1.82) is 0 Å². The molecule has 3 N–H and O–H groups in total. The van der Waals surface area contributed by atoms with E-state index >= 15 is 0 Å². The summed E-state index contributed by atoms with van der Waals surface area (Å²) in [5.74, 6) is 0.0138. The van der Waals surface area contributed by atoms with Crippen LogP contribution in [0, 0.1) is 0 Å². The average Bonchev–Trinajstić information content (AvgIpc) is 2.70. The Morgan fingerprint density at radius 2 is 1.77 bits per heavy atom. The summed E-state index contributed by atoms with van der Waals surface area (Å²) in [6.07, 6.45) is -0.895. The molecule has 0 aliphatic heterocycles. The second-order valence-electron chi connectivity index (χ2n) is 7.36. The number of nitrogens with zero attached hydrogens (tertiary/aromatic N) is 3. The molecule has 0 aliphatic rings. The second kappa shape index (κ2) is 16.9. The quantitative estimate of drug-likeness (QED) is 0.213. The van der Waals surface area contributed by atoms with Gasteiger partial charge >= 0.3 is 17.1 Å². The minimum Gasteiger partial charge on any atom is -0.872 e. The Kier molecular flexibility index (Phi) is 16.5. The Hall–Kier alpha value is -0.741. The molecule has 0 saturated carbocycles. The Morgan fingerprint density at radius 3 is 2.33 bits per heavy atom. The van der Waals surface area contributed by atoms with Gasteiger partial charge in [-0.05, 0) is 25.1 Å². The molecule has 1 rings (SSSR count). The Morgan fingerprint density at radius 1 is 1.07 bits per heavy atom. The van der Waals surface area contributed by atoms with Crippen LogP contribution in [0.4, 0.5) is 0 Å². The number of benzene rings is 1. The molecule has 0 unspecified atom stereocenters. The van der Waals surface area contributed by atoms with Crippen molar-refractivity contribution in [2.24, 2.45) is 0 Å². The van der Waals surface area contributed by atoms with Crippen molar-refractivity contribution in [2.75, 3.05) is 52.5 Å². The number of hydrogen-bond acceptors (Lipinski definition) is 7. The van der Waals surface area contributed by atoms with Crippen LogP contribution in [0.25, 0.3) is 5.32 Å². The number of aliphatic hydroxyl groups excluding tert-OH is 3. The molecule has 0 spiro atoms. The third kappa shape index (κ3) is 11.0. The van der Waals surface area contributed by atoms with Gasteiger partial charge in [0.1, 0.15) is 0 Å². The molecule has 9 heteroatoms. The molecule has 8 nitrogen and oxygen atoms in total. The summed E-state index contributed by atoms with van der Waals surface area (Å²) in [6.45, 7) is 6.51. The molecule has 0 fully saturated rings. The van der Waals surface area contributed by atoms with Crippen molar-refractivity contribution >= 4 is 0 Å². The first-order valence-corrected chi connectivity index (χ1v) is 10.3. The van der Waals surface area contributed by atoms with E-state index < -0.39 is 24.9 Å². The van der Waals surface area contributed by atoms with Gasteiger partial charge in [0.25, 0.3) is 0 Å². The van der Waals surface area contributed by atoms with Gasteiger partial charge in [0.2, 0.25) is 0 Å². The van der Waals surface area contributed by atoms with Crippen LogP contribution in [-0.4, -0.2) is 95.9 Å². The topological polar surface area (TPSA) is 127 Å². The predicted molar refractivity (Wildman–Crippen MR) is 110 cm³/mol. The van der Waals surface area contributed by atoms with E-state index in [0.717, 1.165) is 18.5 Å². The van der Waals surface area contributed by atoms with Crippen LogP contribution < -0.4 is 10.2 Å². The van der Waals surface area contributed by atoms with Crippen LogP contribution in [-0.2, 0) is 23.6 Å². The van der Waals surface area contributed by atoms with E-state index in [-0.39, 0.29) is 36.0 Å². The van der Waals surface area contributed by atoms with Crippen molar-refractivity contribution in [3.8, 4) is 5.75 Å². The number of para-hydroxylation sites is 1. The summed E-state index contributed by atoms with van der Waals surface area (Å²) in [6, 6.07) is 6.36. The molecule has 0 radical (unpaired) electrons. The predicted octanol–water partition coefficient (Wildman–Crippen LogP) is -0.892. The van der Waals surface area contributed by atoms with Gasteiger partial charge in [-0.1, -0.05) is 38.1 Å². The molecule has 0 aromatic heterocycles. The van der Waals surface area contributed by atoms with Gasteiger partial charge in [-0.2, -0.15) is 6.54 Å². The maximum Gasteiger partial charge on any atom is 6.00 e. The van der Waals surface area contributed by atoms with Crippen LogP contribution in [0.3, 0.4) is 0 Å². The molecule has 0 heterocycles. The van der Waals surface area contributed by atoms with Gasteiger partial charge in [0, 0.05) is 19.6 Å². The van der Waals surface area contributed by atoms with E-state index in [2.05, 4.69) is 17.1 Å².